The smallest absolute Gasteiger partial charge is 0.270 e. The Hall–Kier alpha value is -3.43. The van der Waals surface area contributed by atoms with Crippen molar-refractivity contribution in [1.29, 1.82) is 0 Å². The third-order valence-electron chi connectivity index (χ3n) is 10.1. The normalized spacial score (nSPS) is 32.5. The molecule has 1 spiro atoms. The third kappa shape index (κ3) is 3.49. The highest BCUT2D eigenvalue weighted by molar-refractivity contribution is 5.92. The molecule has 3 aliphatic carbocycles. The minimum Gasteiger partial charge on any atom is -0.504 e. The highest BCUT2D eigenvalue weighted by atomic mass is 16.6. The fourth-order valence-electron chi connectivity index (χ4n) is 8.04. The summed E-state index contributed by atoms with van der Waals surface area (Å²) in [5.41, 5.74) is 0.906. The number of likely N-dealkylation sites (tertiary alicyclic amines) is 1. The number of amides is 1. The number of likely N-dealkylation sites (N-methyl/N-ethyl adjacent to an activating group) is 1. The average Bonchev–Trinajstić information content (AvgIpc) is 3.67. The predicted octanol–water partition coefficient (Wildman–Crippen LogP) is 3.40. The Balaban J connectivity index is 1.22. The lowest BCUT2D eigenvalue weighted by Crippen LogP contribution is -2.78. The van der Waals surface area contributed by atoms with Crippen LogP contribution < -0.4 is 4.74 Å². The highest BCUT2D eigenvalue weighted by Gasteiger charge is 2.73. The second-order valence-corrected chi connectivity index (χ2v) is 12.0. The van der Waals surface area contributed by atoms with Crippen LogP contribution in [-0.2, 0) is 16.6 Å². The summed E-state index contributed by atoms with van der Waals surface area (Å²) in [7, 11) is 1.75. The van der Waals surface area contributed by atoms with Crippen molar-refractivity contribution >= 4 is 17.7 Å². The van der Waals surface area contributed by atoms with Crippen LogP contribution in [0.1, 0.15) is 48.8 Å². The van der Waals surface area contributed by atoms with Crippen LogP contribution in [0.3, 0.4) is 0 Å². The summed E-state index contributed by atoms with van der Waals surface area (Å²) in [4.78, 5) is 28.2. The molecule has 1 amide bonds. The first kappa shape index (κ1) is 24.6. The predicted molar refractivity (Wildman–Crippen MR) is 143 cm³/mol. The molecular weight excluding hydrogens is 498 g/mol. The number of nitrogens with zero attached hydrogens (tertiary/aromatic N) is 3. The monoisotopic (exact) mass is 531 g/mol. The lowest BCUT2D eigenvalue weighted by Gasteiger charge is -2.64. The Morgan fingerprint density at radius 3 is 2.85 bits per heavy atom. The molecule has 2 aromatic carbocycles. The number of aliphatic hydroxyl groups is 1. The Kier molecular flexibility index (Phi) is 5.38. The zero-order chi connectivity index (χ0) is 27.1. The van der Waals surface area contributed by atoms with E-state index in [1.165, 1.54) is 31.1 Å². The maximum atomic E-state index is 13.4. The maximum Gasteiger partial charge on any atom is 0.270 e. The molecule has 5 aliphatic rings. The molecule has 2 N–H and O–H groups in total. The second-order valence-electron chi connectivity index (χ2n) is 12.0. The van der Waals surface area contributed by atoms with Gasteiger partial charge in [0.1, 0.15) is 6.10 Å². The van der Waals surface area contributed by atoms with E-state index < -0.39 is 22.0 Å². The van der Waals surface area contributed by atoms with Gasteiger partial charge in [-0.3, -0.25) is 19.8 Å². The first-order valence-corrected chi connectivity index (χ1v) is 13.9. The van der Waals surface area contributed by atoms with E-state index in [0.29, 0.717) is 36.5 Å². The van der Waals surface area contributed by atoms with E-state index in [2.05, 4.69) is 4.90 Å². The standard InChI is InChI=1S/C30H33N3O6/c1-31(25(35)10-7-18-3-2-4-21(15-18)33(37)38)22-11-12-30(36)24-16-20-8-9-23(34)27-26(20)29(30,28(22)39-27)13-14-32(24)17-19-5-6-19/h2-4,7-10,15,19,22,24,28,34,36H,5-6,11-14,16-17H2,1H3/b10-7+/t22-,24+,28-,29-,30+/m0/s1. The maximum absolute atomic E-state index is 13.4. The van der Waals surface area contributed by atoms with E-state index in [1.807, 2.05) is 6.07 Å². The topological polar surface area (TPSA) is 116 Å². The third-order valence-corrected chi connectivity index (χ3v) is 10.1. The van der Waals surface area contributed by atoms with Crippen LogP contribution in [0.2, 0.25) is 0 Å². The molecule has 2 heterocycles. The molecule has 1 saturated heterocycles. The molecule has 204 valence electrons. The van der Waals surface area contributed by atoms with E-state index in [1.54, 1.807) is 36.2 Å². The molecule has 39 heavy (non-hydrogen) atoms. The van der Waals surface area contributed by atoms with E-state index in [0.717, 1.165) is 30.6 Å². The molecular formula is C30H33N3O6. The minimum atomic E-state index is -1.00. The number of benzene rings is 2. The van der Waals surface area contributed by atoms with Gasteiger partial charge in [0.2, 0.25) is 5.91 Å². The number of carbonyl (C=O) groups is 1. The summed E-state index contributed by atoms with van der Waals surface area (Å²) in [6, 6.07) is 9.51. The number of ether oxygens (including phenoxy) is 1. The fraction of sp³-hybridized carbons (Fsp3) is 0.500. The summed E-state index contributed by atoms with van der Waals surface area (Å²) in [5, 5.41) is 34.5. The number of nitro benzene ring substituents is 1. The van der Waals surface area contributed by atoms with Gasteiger partial charge in [0.15, 0.2) is 11.5 Å². The Bertz CT molecular complexity index is 1410. The Morgan fingerprint density at radius 1 is 1.26 bits per heavy atom. The zero-order valence-electron chi connectivity index (χ0n) is 22.0. The van der Waals surface area contributed by atoms with E-state index in [4.69, 9.17) is 4.74 Å². The number of piperidine rings is 1. The lowest BCUT2D eigenvalue weighted by molar-refractivity contribution is -0.384. The molecule has 7 rings (SSSR count). The van der Waals surface area contributed by atoms with Gasteiger partial charge >= 0.3 is 0 Å². The number of phenolic OH excluding ortho intramolecular Hbond substituents is 1. The van der Waals surface area contributed by atoms with Gasteiger partial charge in [-0.1, -0.05) is 18.2 Å². The number of nitro groups is 1. The number of phenols is 1. The van der Waals surface area contributed by atoms with Gasteiger partial charge in [-0.25, -0.2) is 0 Å². The number of non-ortho nitro benzene ring substituents is 1. The van der Waals surface area contributed by atoms with Gasteiger partial charge in [0.25, 0.3) is 5.69 Å². The van der Waals surface area contributed by atoms with E-state index >= 15 is 0 Å². The van der Waals surface area contributed by atoms with Crippen molar-refractivity contribution in [3.63, 3.8) is 0 Å². The molecule has 5 atom stereocenters. The van der Waals surface area contributed by atoms with Gasteiger partial charge in [0, 0.05) is 43.4 Å². The van der Waals surface area contributed by atoms with Crippen LogP contribution in [0.5, 0.6) is 11.5 Å². The first-order chi connectivity index (χ1) is 18.7. The van der Waals surface area contributed by atoms with Gasteiger partial charge in [-0.15, -0.1) is 0 Å². The van der Waals surface area contributed by atoms with Crippen molar-refractivity contribution in [3.8, 4) is 11.5 Å². The van der Waals surface area contributed by atoms with Crippen molar-refractivity contribution in [3.05, 3.63) is 69.3 Å². The van der Waals surface area contributed by atoms with Crippen LogP contribution in [0, 0.1) is 16.0 Å². The van der Waals surface area contributed by atoms with Gasteiger partial charge in [0.05, 0.1) is 22.0 Å². The summed E-state index contributed by atoms with van der Waals surface area (Å²) >= 11 is 0. The fourth-order valence-corrected chi connectivity index (χ4v) is 8.04. The van der Waals surface area contributed by atoms with Crippen LogP contribution in [-0.4, -0.2) is 74.8 Å². The van der Waals surface area contributed by atoms with E-state index in [9.17, 15) is 25.1 Å². The molecule has 9 heteroatoms. The lowest BCUT2D eigenvalue weighted by atomic mass is 9.48. The summed E-state index contributed by atoms with van der Waals surface area (Å²) in [6.45, 7) is 1.87. The summed E-state index contributed by atoms with van der Waals surface area (Å²) < 4.78 is 6.57. The van der Waals surface area contributed by atoms with Crippen molar-refractivity contribution in [2.75, 3.05) is 20.1 Å². The quantitative estimate of drug-likeness (QED) is 0.333. The van der Waals surface area contributed by atoms with Crippen molar-refractivity contribution in [2.24, 2.45) is 5.92 Å². The Labute approximate surface area is 226 Å². The van der Waals surface area contributed by atoms with Gasteiger partial charge in [-0.2, -0.15) is 0 Å². The van der Waals surface area contributed by atoms with Gasteiger partial charge in [-0.05, 0) is 74.3 Å². The highest BCUT2D eigenvalue weighted by Crippen LogP contribution is 2.66. The van der Waals surface area contributed by atoms with Crippen molar-refractivity contribution in [1.82, 2.24) is 9.80 Å². The first-order valence-electron chi connectivity index (χ1n) is 13.9. The molecule has 0 radical (unpaired) electrons. The van der Waals surface area contributed by atoms with Crippen LogP contribution in [0.25, 0.3) is 6.08 Å². The molecule has 9 nitrogen and oxygen atoms in total. The number of aromatic hydroxyl groups is 1. The molecule has 2 bridgehead atoms. The van der Waals surface area contributed by atoms with Gasteiger partial charge < -0.3 is 19.8 Å². The molecule has 2 aromatic rings. The molecule has 2 saturated carbocycles. The summed E-state index contributed by atoms with van der Waals surface area (Å²) in [6.07, 6.45) is 7.62. The van der Waals surface area contributed by atoms with Crippen LogP contribution >= 0.6 is 0 Å². The molecule has 0 aromatic heterocycles. The molecule has 2 aliphatic heterocycles. The van der Waals surface area contributed by atoms with Crippen molar-refractivity contribution < 1.29 is 24.7 Å². The number of carbonyl (C=O) groups excluding carboxylic acids is 1. The number of hydrogen-bond donors (Lipinski definition) is 2. The number of rotatable bonds is 6. The van der Waals surface area contributed by atoms with Crippen LogP contribution in [0.15, 0.2) is 42.5 Å². The summed E-state index contributed by atoms with van der Waals surface area (Å²) in [5.74, 6) is 1.02. The number of hydrogen-bond acceptors (Lipinski definition) is 7. The molecule has 3 fully saturated rings. The second kappa shape index (κ2) is 8.53. The molecule has 0 unspecified atom stereocenters. The zero-order valence-corrected chi connectivity index (χ0v) is 22.0. The average molecular weight is 532 g/mol. The SMILES string of the molecule is CN(C(=O)/C=C/c1cccc([N+](=O)[O-])c1)[C@H]1CC[C@@]2(O)[C@H]3Cc4ccc(O)c5c4[C@@]2(CCN3CC2CC2)[C@H]1O5. The van der Waals surface area contributed by atoms with Crippen LogP contribution in [0.4, 0.5) is 5.69 Å². The largest absolute Gasteiger partial charge is 0.504 e. The Morgan fingerprint density at radius 2 is 2.08 bits per heavy atom. The van der Waals surface area contributed by atoms with Crippen molar-refractivity contribution in [2.45, 2.75) is 67.7 Å². The minimum absolute atomic E-state index is 0.0170. The van der Waals surface area contributed by atoms with E-state index in [-0.39, 0.29) is 29.4 Å².